The number of carboxylic acids is 1. The Kier molecular flexibility index (Phi) is 5.73. The minimum atomic E-state index is -1.04. The summed E-state index contributed by atoms with van der Waals surface area (Å²) in [7, 11) is 0. The van der Waals surface area contributed by atoms with E-state index in [1.807, 2.05) is 0 Å². The molecule has 1 aliphatic heterocycles. The second-order valence-electron chi connectivity index (χ2n) is 8.37. The fraction of sp³-hybridized carbons (Fsp3) is 0.231. The molecule has 178 valence electrons. The average molecular weight is 481 g/mol. The highest BCUT2D eigenvalue weighted by Gasteiger charge is 2.32. The Morgan fingerprint density at radius 1 is 1.11 bits per heavy atom. The maximum absolute atomic E-state index is 14.8. The van der Waals surface area contributed by atoms with E-state index in [2.05, 4.69) is 0 Å². The van der Waals surface area contributed by atoms with Crippen molar-refractivity contribution in [2.24, 2.45) is 0 Å². The van der Waals surface area contributed by atoms with Crippen LogP contribution < -0.4 is 14.2 Å². The van der Waals surface area contributed by atoms with Crippen LogP contribution in [0.15, 0.2) is 42.5 Å². The highest BCUT2D eigenvalue weighted by molar-refractivity contribution is 5.68. The molecule has 6 nitrogen and oxygen atoms in total. The smallest absolute Gasteiger partial charge is 0.304 e. The van der Waals surface area contributed by atoms with E-state index in [1.165, 1.54) is 6.07 Å². The Balaban J connectivity index is 1.40. The van der Waals surface area contributed by atoms with Gasteiger partial charge in [-0.15, -0.1) is 0 Å². The van der Waals surface area contributed by atoms with Crippen LogP contribution in [0.25, 0.3) is 0 Å². The molecule has 0 saturated heterocycles. The summed E-state index contributed by atoms with van der Waals surface area (Å²) in [5.41, 5.74) is 1.27. The van der Waals surface area contributed by atoms with Crippen molar-refractivity contribution in [3.63, 3.8) is 0 Å². The Labute approximate surface area is 198 Å². The minimum absolute atomic E-state index is 0.0440. The summed E-state index contributed by atoms with van der Waals surface area (Å²) < 4.78 is 60.6. The lowest BCUT2D eigenvalue weighted by Gasteiger charge is -2.17. The van der Waals surface area contributed by atoms with E-state index in [9.17, 15) is 18.0 Å². The summed E-state index contributed by atoms with van der Waals surface area (Å²) >= 11 is 0. The molecule has 3 aromatic carbocycles. The third-order valence-electron chi connectivity index (χ3n) is 6.14. The topological polar surface area (TPSA) is 88.8 Å². The zero-order valence-corrected chi connectivity index (χ0v) is 18.2. The number of carbonyl (C=O) groups is 1. The Bertz CT molecular complexity index is 1360. The van der Waals surface area contributed by atoms with E-state index in [0.29, 0.717) is 29.9 Å². The lowest BCUT2D eigenvalue weighted by Crippen LogP contribution is -2.07. The molecular weight excluding hydrogens is 463 g/mol. The summed E-state index contributed by atoms with van der Waals surface area (Å²) in [6.45, 7) is 0.259. The van der Waals surface area contributed by atoms with Crippen LogP contribution in [0.4, 0.5) is 13.2 Å². The number of carboxylic acid groups (broad SMARTS) is 1. The third-order valence-corrected chi connectivity index (χ3v) is 6.14. The van der Waals surface area contributed by atoms with Crippen LogP contribution >= 0.6 is 0 Å². The second-order valence-corrected chi connectivity index (χ2v) is 8.37. The summed E-state index contributed by atoms with van der Waals surface area (Å²) in [5, 5.41) is 17.9. The number of nitriles is 1. The number of nitrogens with zero attached hydrogens (tertiary/aromatic N) is 1. The largest absolute Gasteiger partial charge is 0.492 e. The molecule has 0 radical (unpaired) electrons. The normalized spacial score (nSPS) is 17.8. The van der Waals surface area contributed by atoms with Crippen LogP contribution in [0.5, 0.6) is 23.0 Å². The Morgan fingerprint density at radius 3 is 2.60 bits per heavy atom. The van der Waals surface area contributed by atoms with Gasteiger partial charge in [-0.25, -0.2) is 13.2 Å². The van der Waals surface area contributed by atoms with Crippen molar-refractivity contribution >= 4 is 5.97 Å². The molecule has 2 atom stereocenters. The van der Waals surface area contributed by atoms with Crippen molar-refractivity contribution < 1.29 is 37.3 Å². The minimum Gasteiger partial charge on any atom is -0.492 e. The van der Waals surface area contributed by atoms with Gasteiger partial charge in [0.1, 0.15) is 29.2 Å². The molecule has 1 heterocycles. The van der Waals surface area contributed by atoms with Gasteiger partial charge >= 0.3 is 5.97 Å². The van der Waals surface area contributed by atoms with Gasteiger partial charge in [0, 0.05) is 28.7 Å². The van der Waals surface area contributed by atoms with E-state index < -0.39 is 35.3 Å². The van der Waals surface area contributed by atoms with Crippen molar-refractivity contribution in [2.45, 2.75) is 31.3 Å². The number of hydrogen-bond acceptors (Lipinski definition) is 5. The maximum atomic E-state index is 14.8. The number of benzene rings is 3. The monoisotopic (exact) mass is 481 g/mol. The van der Waals surface area contributed by atoms with Gasteiger partial charge in [0.25, 0.3) is 0 Å². The molecule has 2 unspecified atom stereocenters. The lowest BCUT2D eigenvalue weighted by atomic mass is 9.98. The standard InChI is InChI=1S/C26H18F3NO5/c27-18-4-6-21(35-26-19(28)7-13(11-30)8-20(26)29)17-3-5-22(25(17)18)34-15-1-2-16-14(9-24(31)32)12-33-23(16)10-15/h1-2,4,6-8,10,14,22H,3,5,9,12H2,(H,31,32). The SMILES string of the molecule is N#Cc1cc(F)c(Oc2ccc(F)c3c2CCC3Oc2ccc3c(c2)OCC3CC(=O)O)c(F)c1. The van der Waals surface area contributed by atoms with Crippen LogP contribution in [-0.2, 0) is 11.2 Å². The maximum Gasteiger partial charge on any atom is 0.304 e. The van der Waals surface area contributed by atoms with Gasteiger partial charge in [-0.3, -0.25) is 4.79 Å². The average Bonchev–Trinajstić information content (AvgIpc) is 3.42. The van der Waals surface area contributed by atoms with Gasteiger partial charge in [0.15, 0.2) is 17.4 Å². The molecule has 3 aromatic rings. The Morgan fingerprint density at radius 2 is 1.89 bits per heavy atom. The molecule has 0 saturated carbocycles. The number of halogens is 3. The fourth-order valence-corrected chi connectivity index (χ4v) is 4.56. The van der Waals surface area contributed by atoms with Crippen molar-refractivity contribution in [1.82, 2.24) is 0 Å². The molecule has 0 fully saturated rings. The molecular formula is C26H18F3NO5. The third kappa shape index (κ3) is 4.23. The fourth-order valence-electron chi connectivity index (χ4n) is 4.56. The summed E-state index contributed by atoms with van der Waals surface area (Å²) in [6.07, 6.45) is 0.0511. The van der Waals surface area contributed by atoms with Gasteiger partial charge in [-0.05, 0) is 43.2 Å². The van der Waals surface area contributed by atoms with Crippen molar-refractivity contribution in [1.29, 1.82) is 5.26 Å². The number of rotatable bonds is 6. The highest BCUT2D eigenvalue weighted by Crippen LogP contribution is 2.44. The first-order chi connectivity index (χ1) is 16.8. The highest BCUT2D eigenvalue weighted by atomic mass is 19.1. The first-order valence-corrected chi connectivity index (χ1v) is 10.9. The van der Waals surface area contributed by atoms with E-state index in [4.69, 9.17) is 24.6 Å². The van der Waals surface area contributed by atoms with Gasteiger partial charge in [0.2, 0.25) is 0 Å². The molecule has 0 amide bonds. The molecule has 0 aromatic heterocycles. The van der Waals surface area contributed by atoms with Gasteiger partial charge < -0.3 is 19.3 Å². The summed E-state index contributed by atoms with van der Waals surface area (Å²) in [5.74, 6) is -3.39. The second kappa shape index (κ2) is 8.87. The van der Waals surface area contributed by atoms with Crippen molar-refractivity contribution in [3.05, 3.63) is 82.2 Å². The van der Waals surface area contributed by atoms with E-state index in [-0.39, 0.29) is 35.8 Å². The number of ether oxygens (including phenoxy) is 3. The van der Waals surface area contributed by atoms with Crippen LogP contribution in [-0.4, -0.2) is 17.7 Å². The van der Waals surface area contributed by atoms with E-state index in [0.717, 1.165) is 23.8 Å². The lowest BCUT2D eigenvalue weighted by molar-refractivity contribution is -0.137. The zero-order chi connectivity index (χ0) is 24.7. The van der Waals surface area contributed by atoms with E-state index >= 15 is 0 Å². The van der Waals surface area contributed by atoms with Crippen LogP contribution in [0.2, 0.25) is 0 Å². The van der Waals surface area contributed by atoms with Crippen LogP contribution in [0.1, 0.15) is 47.1 Å². The number of hydrogen-bond donors (Lipinski definition) is 1. The zero-order valence-electron chi connectivity index (χ0n) is 18.2. The molecule has 0 bridgehead atoms. The molecule has 0 spiro atoms. The van der Waals surface area contributed by atoms with E-state index in [1.54, 1.807) is 24.3 Å². The van der Waals surface area contributed by atoms with Crippen molar-refractivity contribution in [2.75, 3.05) is 6.61 Å². The predicted molar refractivity (Wildman–Crippen MR) is 116 cm³/mol. The van der Waals surface area contributed by atoms with Gasteiger partial charge in [0.05, 0.1) is 24.7 Å². The molecule has 2 aliphatic rings. The molecule has 5 rings (SSSR count). The van der Waals surface area contributed by atoms with Crippen LogP contribution in [0.3, 0.4) is 0 Å². The van der Waals surface area contributed by atoms with Gasteiger partial charge in [-0.1, -0.05) is 6.07 Å². The molecule has 9 heteroatoms. The molecule has 1 aliphatic carbocycles. The Hall–Kier alpha value is -4.19. The first kappa shape index (κ1) is 22.6. The summed E-state index contributed by atoms with van der Waals surface area (Å²) in [4.78, 5) is 11.0. The predicted octanol–water partition coefficient (Wildman–Crippen LogP) is 5.78. The first-order valence-electron chi connectivity index (χ1n) is 10.9. The van der Waals surface area contributed by atoms with Gasteiger partial charge in [-0.2, -0.15) is 5.26 Å². The number of fused-ring (bicyclic) bond motifs is 2. The quantitative estimate of drug-likeness (QED) is 0.480. The summed E-state index contributed by atoms with van der Waals surface area (Å²) in [6, 6.07) is 10.9. The molecule has 35 heavy (non-hydrogen) atoms. The van der Waals surface area contributed by atoms with Crippen LogP contribution in [0, 0.1) is 28.8 Å². The van der Waals surface area contributed by atoms with Crippen molar-refractivity contribution in [3.8, 4) is 29.1 Å². The number of aliphatic carboxylic acids is 1. The molecule has 1 N–H and O–H groups in total.